The molecule has 8 heteroatoms. The largest absolute Gasteiger partial charge is 0.508 e. The zero-order valence-electron chi connectivity index (χ0n) is 14.4. The number of nitrogens with zero attached hydrogens (tertiary/aromatic N) is 3. The Bertz CT molecular complexity index is 997. The minimum Gasteiger partial charge on any atom is -0.508 e. The van der Waals surface area contributed by atoms with E-state index >= 15 is 0 Å². The van der Waals surface area contributed by atoms with E-state index in [9.17, 15) is 9.90 Å². The molecule has 0 radical (unpaired) electrons. The molecule has 0 saturated heterocycles. The van der Waals surface area contributed by atoms with Crippen LogP contribution in [0.15, 0.2) is 53.6 Å². The van der Waals surface area contributed by atoms with Crippen molar-refractivity contribution < 1.29 is 9.90 Å². The monoisotopic (exact) mass is 402 g/mol. The molecule has 0 saturated carbocycles. The molecule has 0 fully saturated rings. The highest BCUT2D eigenvalue weighted by atomic mass is 35.5. The normalized spacial score (nSPS) is 11.1. The van der Waals surface area contributed by atoms with E-state index in [0.29, 0.717) is 33.5 Å². The maximum Gasteiger partial charge on any atom is 0.271 e. The number of amides is 1. The summed E-state index contributed by atoms with van der Waals surface area (Å²) in [7, 11) is 0. The summed E-state index contributed by atoms with van der Waals surface area (Å²) in [6, 6.07) is 13.4. The molecule has 3 aromatic rings. The third-order valence-electron chi connectivity index (χ3n) is 3.82. The fourth-order valence-corrected chi connectivity index (χ4v) is 2.86. The fourth-order valence-electron chi connectivity index (χ4n) is 2.45. The highest BCUT2D eigenvalue weighted by molar-refractivity contribution is 6.32. The summed E-state index contributed by atoms with van der Waals surface area (Å²) in [6.45, 7) is 2.29. The number of rotatable bonds is 5. The third kappa shape index (κ3) is 4.67. The van der Waals surface area contributed by atoms with Crippen LogP contribution in [0.4, 0.5) is 0 Å². The molecule has 0 aliphatic rings. The van der Waals surface area contributed by atoms with Crippen molar-refractivity contribution in [3.8, 4) is 5.75 Å². The van der Waals surface area contributed by atoms with E-state index in [4.69, 9.17) is 23.2 Å². The van der Waals surface area contributed by atoms with Gasteiger partial charge in [0.15, 0.2) is 0 Å². The Labute approximate surface area is 166 Å². The summed E-state index contributed by atoms with van der Waals surface area (Å²) in [4.78, 5) is 12.0. The molecule has 1 heterocycles. The predicted octanol–water partition coefficient (Wildman–Crippen LogP) is 4.02. The molecule has 27 heavy (non-hydrogen) atoms. The second-order valence-corrected chi connectivity index (χ2v) is 6.62. The van der Waals surface area contributed by atoms with Gasteiger partial charge in [0.1, 0.15) is 10.9 Å². The minimum absolute atomic E-state index is 0.00833. The first-order valence-electron chi connectivity index (χ1n) is 8.04. The molecule has 3 rings (SSSR count). The number of carbonyl (C=O) groups is 1. The van der Waals surface area contributed by atoms with Crippen molar-refractivity contribution in [2.24, 2.45) is 5.10 Å². The summed E-state index contributed by atoms with van der Waals surface area (Å²) in [5.41, 5.74) is 5.00. The maximum absolute atomic E-state index is 12.0. The van der Waals surface area contributed by atoms with E-state index in [1.807, 2.05) is 19.1 Å². The highest BCUT2D eigenvalue weighted by Crippen LogP contribution is 2.20. The quantitative estimate of drug-likeness (QED) is 0.499. The number of benzene rings is 2. The van der Waals surface area contributed by atoms with Crippen molar-refractivity contribution in [2.45, 2.75) is 13.5 Å². The number of carbonyl (C=O) groups excluding carboxylic acids is 1. The Hall–Kier alpha value is -2.83. The molecular weight excluding hydrogens is 387 g/mol. The molecular formula is C19H16Cl2N4O2. The van der Waals surface area contributed by atoms with E-state index in [1.54, 1.807) is 28.9 Å². The van der Waals surface area contributed by atoms with E-state index in [-0.39, 0.29) is 5.75 Å². The van der Waals surface area contributed by atoms with Gasteiger partial charge in [-0.3, -0.25) is 4.79 Å². The molecule has 6 nitrogen and oxygen atoms in total. The fraction of sp³-hybridized carbons (Fsp3) is 0.105. The van der Waals surface area contributed by atoms with Crippen LogP contribution < -0.4 is 5.43 Å². The Morgan fingerprint density at radius 2 is 2.00 bits per heavy atom. The summed E-state index contributed by atoms with van der Waals surface area (Å²) in [5.74, 6) is -0.432. The molecule has 0 unspecified atom stereocenters. The van der Waals surface area contributed by atoms with Gasteiger partial charge in [-0.2, -0.15) is 10.2 Å². The molecule has 0 aliphatic carbocycles. The Kier molecular flexibility index (Phi) is 5.78. The molecule has 2 aromatic carbocycles. The lowest BCUT2D eigenvalue weighted by molar-refractivity contribution is 0.0954. The molecule has 1 aromatic heterocycles. The number of aromatic hydroxyl groups is 1. The number of aryl methyl sites for hydroxylation is 1. The number of hydrazone groups is 1. The lowest BCUT2D eigenvalue weighted by Gasteiger charge is -2.03. The van der Waals surface area contributed by atoms with Crippen molar-refractivity contribution in [1.29, 1.82) is 0 Å². The molecule has 0 bridgehead atoms. The van der Waals surface area contributed by atoms with Gasteiger partial charge in [-0.15, -0.1) is 0 Å². The summed E-state index contributed by atoms with van der Waals surface area (Å²) >= 11 is 12.3. The molecule has 138 valence electrons. The zero-order chi connectivity index (χ0) is 19.4. The Morgan fingerprint density at radius 3 is 2.70 bits per heavy atom. The van der Waals surface area contributed by atoms with Crippen LogP contribution in [0.2, 0.25) is 10.2 Å². The van der Waals surface area contributed by atoms with Gasteiger partial charge in [0.05, 0.1) is 24.0 Å². The number of hydrogen-bond acceptors (Lipinski definition) is 4. The van der Waals surface area contributed by atoms with Crippen molar-refractivity contribution >= 4 is 35.3 Å². The van der Waals surface area contributed by atoms with E-state index in [0.717, 1.165) is 5.56 Å². The first-order valence-corrected chi connectivity index (χ1v) is 8.79. The van der Waals surface area contributed by atoms with Crippen LogP contribution in [0.3, 0.4) is 0 Å². The van der Waals surface area contributed by atoms with Crippen LogP contribution in [-0.4, -0.2) is 27.0 Å². The number of aromatic nitrogens is 2. The van der Waals surface area contributed by atoms with Crippen molar-refractivity contribution in [1.82, 2.24) is 15.2 Å². The number of phenolic OH excluding ortho intramolecular Hbond substituents is 1. The van der Waals surface area contributed by atoms with Crippen LogP contribution in [0.25, 0.3) is 0 Å². The average molecular weight is 403 g/mol. The van der Waals surface area contributed by atoms with Crippen molar-refractivity contribution in [3.05, 3.63) is 81.1 Å². The molecule has 0 aliphatic heterocycles. The number of nitrogens with one attached hydrogen (secondary N) is 1. The topological polar surface area (TPSA) is 79.5 Å². The molecule has 0 spiro atoms. The van der Waals surface area contributed by atoms with E-state index < -0.39 is 5.91 Å². The minimum atomic E-state index is -0.440. The van der Waals surface area contributed by atoms with Crippen LogP contribution in [0.5, 0.6) is 5.75 Å². The van der Waals surface area contributed by atoms with Gasteiger partial charge >= 0.3 is 0 Å². The molecule has 2 N–H and O–H groups in total. The van der Waals surface area contributed by atoms with Crippen molar-refractivity contribution in [3.63, 3.8) is 0 Å². The van der Waals surface area contributed by atoms with Crippen molar-refractivity contribution in [2.75, 3.05) is 0 Å². The van der Waals surface area contributed by atoms with E-state index in [2.05, 4.69) is 15.6 Å². The van der Waals surface area contributed by atoms with Gasteiger partial charge in [-0.1, -0.05) is 41.4 Å². The van der Waals surface area contributed by atoms with Crippen LogP contribution in [0.1, 0.15) is 27.2 Å². The second-order valence-electron chi connectivity index (χ2n) is 5.82. The Balaban J connectivity index is 1.71. The van der Waals surface area contributed by atoms with Gasteiger partial charge in [0.25, 0.3) is 5.91 Å². The molecule has 1 amide bonds. The lowest BCUT2D eigenvalue weighted by Crippen LogP contribution is -2.17. The van der Waals surface area contributed by atoms with Gasteiger partial charge in [-0.25, -0.2) is 10.1 Å². The second kappa shape index (κ2) is 8.24. The Morgan fingerprint density at radius 1 is 1.26 bits per heavy atom. The van der Waals surface area contributed by atoms with Gasteiger partial charge in [0, 0.05) is 10.6 Å². The number of phenols is 1. The SMILES string of the molecule is Cc1nn(Cc2ccc(Cl)cc2)c(Cl)c1C=NNC(=O)c1cccc(O)c1. The lowest BCUT2D eigenvalue weighted by atomic mass is 10.2. The van der Waals surface area contributed by atoms with Gasteiger partial charge in [-0.05, 0) is 42.8 Å². The standard InChI is InChI=1S/C19H16Cl2N4O2/c1-12-17(10-22-23-19(27)14-3-2-4-16(26)9-14)18(21)25(24-12)11-13-5-7-15(20)8-6-13/h2-10,26H,11H2,1H3,(H,23,27). The van der Waals surface area contributed by atoms with Gasteiger partial charge in [0.2, 0.25) is 0 Å². The molecule has 0 atom stereocenters. The number of hydrogen-bond donors (Lipinski definition) is 2. The summed E-state index contributed by atoms with van der Waals surface area (Å²) in [6.07, 6.45) is 1.45. The maximum atomic E-state index is 12.0. The summed E-state index contributed by atoms with van der Waals surface area (Å²) in [5, 5.41) is 18.9. The van der Waals surface area contributed by atoms with Crippen LogP contribution >= 0.6 is 23.2 Å². The average Bonchev–Trinajstić information content (AvgIpc) is 2.91. The predicted molar refractivity (Wildman–Crippen MR) is 106 cm³/mol. The summed E-state index contributed by atoms with van der Waals surface area (Å²) < 4.78 is 1.65. The number of halogens is 2. The van der Waals surface area contributed by atoms with Crippen LogP contribution in [0, 0.1) is 6.92 Å². The first-order chi connectivity index (χ1) is 12.9. The van der Waals surface area contributed by atoms with Gasteiger partial charge < -0.3 is 5.11 Å². The smallest absolute Gasteiger partial charge is 0.271 e. The zero-order valence-corrected chi connectivity index (χ0v) is 15.9. The van der Waals surface area contributed by atoms with Crippen LogP contribution in [-0.2, 0) is 6.54 Å². The highest BCUT2D eigenvalue weighted by Gasteiger charge is 2.12. The first kappa shape index (κ1) is 18.9. The third-order valence-corrected chi connectivity index (χ3v) is 4.47. The van der Waals surface area contributed by atoms with E-state index in [1.165, 1.54) is 18.3 Å².